The second-order valence-corrected chi connectivity index (χ2v) is 20.2. The lowest BCUT2D eigenvalue weighted by atomic mass is 9.71. The third-order valence-corrected chi connectivity index (χ3v) is 12.4. The number of hydrogen-bond acceptors (Lipinski definition) is 13. The normalized spacial score (nSPS) is 18.9. The summed E-state index contributed by atoms with van der Waals surface area (Å²) in [5.74, 6) is -1.83. The number of benzene rings is 1. The summed E-state index contributed by atoms with van der Waals surface area (Å²) in [5, 5.41) is 8.44. The maximum Gasteiger partial charge on any atom is 0.313 e. The Morgan fingerprint density at radius 2 is 0.938 bits per heavy atom. The van der Waals surface area contributed by atoms with Gasteiger partial charge in [0.05, 0.1) is 80.7 Å². The van der Waals surface area contributed by atoms with Crippen LogP contribution in [0.2, 0.25) is 0 Å². The molecule has 1 aromatic rings. The summed E-state index contributed by atoms with van der Waals surface area (Å²) in [6.07, 6.45) is 4.86. The molecule has 0 bridgehead atoms. The van der Waals surface area contributed by atoms with Gasteiger partial charge >= 0.3 is 35.8 Å². The minimum atomic E-state index is -0.782. The molecule has 14 heteroatoms. The molecule has 2 fully saturated rings. The second kappa shape index (κ2) is 29.6. The van der Waals surface area contributed by atoms with Gasteiger partial charge in [0.25, 0.3) is 0 Å². The number of carboxylic acids is 1. The Hall–Kier alpha value is -4.04. The molecule has 2 aliphatic rings. The molecule has 0 radical (unpaired) electrons. The third kappa shape index (κ3) is 24.3. The van der Waals surface area contributed by atoms with E-state index in [4.69, 9.17) is 28.8 Å². The van der Waals surface area contributed by atoms with Gasteiger partial charge in [-0.1, -0.05) is 78.8 Å². The molecule has 0 spiro atoms. The Morgan fingerprint density at radius 1 is 0.585 bits per heavy atom. The molecule has 65 heavy (non-hydrogen) atoms. The quantitative estimate of drug-likeness (QED) is 0.105. The lowest BCUT2D eigenvalue weighted by Gasteiger charge is -2.40. The number of carboxylic acid groups (broad SMARTS) is 1. The van der Waals surface area contributed by atoms with Crippen molar-refractivity contribution in [1.29, 1.82) is 0 Å². The van der Waals surface area contributed by atoms with Gasteiger partial charge in [-0.15, -0.1) is 0 Å². The van der Waals surface area contributed by atoms with Gasteiger partial charge in [0, 0.05) is 0 Å². The first-order valence-electron chi connectivity index (χ1n) is 22.7. The molecule has 2 aliphatic heterocycles. The molecule has 1 aromatic carbocycles. The Labute approximate surface area is 392 Å². The van der Waals surface area contributed by atoms with E-state index in [1.807, 2.05) is 69.2 Å². The Balaban J connectivity index is -0.000000722. The summed E-state index contributed by atoms with van der Waals surface area (Å²) in [5.41, 5.74) is -1.31. The highest BCUT2D eigenvalue weighted by molar-refractivity contribution is 5.81. The zero-order chi connectivity index (χ0) is 51.7. The molecule has 0 aliphatic carbocycles. The first-order valence-corrected chi connectivity index (χ1v) is 22.7. The highest BCUT2D eigenvalue weighted by Gasteiger charge is 2.50. The number of carbonyl (C=O) groups excluding carboxylic acids is 5. The van der Waals surface area contributed by atoms with Crippen molar-refractivity contribution >= 4 is 35.8 Å². The molecule has 378 valence electrons. The van der Waals surface area contributed by atoms with Gasteiger partial charge in [0.15, 0.2) is 0 Å². The van der Waals surface area contributed by atoms with E-state index in [0.29, 0.717) is 24.9 Å². The number of esters is 5. The van der Waals surface area contributed by atoms with Crippen molar-refractivity contribution in [3.05, 3.63) is 35.9 Å². The summed E-state index contributed by atoms with van der Waals surface area (Å²) in [4.78, 5) is 66.6. The predicted octanol–water partition coefficient (Wildman–Crippen LogP) is 10.2. The number of rotatable bonds is 14. The highest BCUT2D eigenvalue weighted by atomic mass is 16.6. The van der Waals surface area contributed by atoms with Gasteiger partial charge in [-0.25, -0.2) is 0 Å². The van der Waals surface area contributed by atoms with Crippen LogP contribution in [0.3, 0.4) is 0 Å². The summed E-state index contributed by atoms with van der Waals surface area (Å²) in [7, 11) is 5.49. The zero-order valence-corrected chi connectivity index (χ0v) is 44.3. The fraction of sp³-hybridized carbons (Fsp3) is 0.765. The van der Waals surface area contributed by atoms with Gasteiger partial charge in [0.1, 0.15) is 12.7 Å². The van der Waals surface area contributed by atoms with E-state index in [1.165, 1.54) is 40.4 Å². The number of ether oxygens (including phenoxy) is 7. The van der Waals surface area contributed by atoms with E-state index in [0.717, 1.165) is 25.9 Å². The van der Waals surface area contributed by atoms with Gasteiger partial charge in [0.2, 0.25) is 0 Å². The molecule has 0 amide bonds. The minimum absolute atomic E-state index is 0.125. The Bertz CT molecular complexity index is 1520. The fourth-order valence-electron chi connectivity index (χ4n) is 4.98. The molecule has 2 saturated heterocycles. The average Bonchev–Trinajstić information content (AvgIpc) is 4.12. The highest BCUT2D eigenvalue weighted by Crippen LogP contribution is 2.41. The van der Waals surface area contributed by atoms with Crippen LogP contribution in [-0.4, -0.2) is 102 Å². The number of hydrogen-bond donors (Lipinski definition) is 1. The van der Waals surface area contributed by atoms with Gasteiger partial charge in [-0.2, -0.15) is 0 Å². The van der Waals surface area contributed by atoms with Gasteiger partial charge in [-0.05, 0) is 119 Å². The van der Waals surface area contributed by atoms with Crippen LogP contribution in [0.15, 0.2) is 30.3 Å². The monoisotopic (exact) mass is 927 g/mol. The van der Waals surface area contributed by atoms with Crippen LogP contribution in [0, 0.1) is 32.5 Å². The molecule has 3 rings (SSSR count). The molecular weight excluding hydrogens is 837 g/mol. The van der Waals surface area contributed by atoms with Crippen molar-refractivity contribution in [2.75, 3.05) is 54.9 Å². The van der Waals surface area contributed by atoms with E-state index < -0.39 is 22.2 Å². The van der Waals surface area contributed by atoms with E-state index in [2.05, 4.69) is 60.6 Å². The topological polar surface area (TPSA) is 191 Å². The predicted molar refractivity (Wildman–Crippen MR) is 254 cm³/mol. The average molecular weight is 927 g/mol. The van der Waals surface area contributed by atoms with Gasteiger partial charge in [-0.3, -0.25) is 28.8 Å². The molecule has 2 heterocycles. The molecular formula is C51H90O14. The maximum absolute atomic E-state index is 11.6. The summed E-state index contributed by atoms with van der Waals surface area (Å²) < 4.78 is 33.9. The van der Waals surface area contributed by atoms with Crippen molar-refractivity contribution in [3.63, 3.8) is 0 Å². The van der Waals surface area contributed by atoms with Crippen molar-refractivity contribution in [1.82, 2.24) is 0 Å². The summed E-state index contributed by atoms with van der Waals surface area (Å²) >= 11 is 0. The summed E-state index contributed by atoms with van der Waals surface area (Å²) in [6, 6.07) is 10.7. The smallest absolute Gasteiger partial charge is 0.313 e. The molecule has 14 nitrogen and oxygen atoms in total. The maximum atomic E-state index is 11.6. The lowest BCUT2D eigenvalue weighted by Crippen LogP contribution is -2.49. The van der Waals surface area contributed by atoms with E-state index in [1.54, 1.807) is 27.7 Å². The van der Waals surface area contributed by atoms with Crippen LogP contribution in [0.5, 0.6) is 0 Å². The van der Waals surface area contributed by atoms with Crippen molar-refractivity contribution in [2.24, 2.45) is 32.5 Å². The third-order valence-electron chi connectivity index (χ3n) is 12.4. The minimum Gasteiger partial charge on any atom is -0.481 e. The number of epoxide rings is 1. The fourth-order valence-corrected chi connectivity index (χ4v) is 4.98. The molecule has 0 saturated carbocycles. The van der Waals surface area contributed by atoms with Crippen LogP contribution in [-0.2, 0) is 67.3 Å². The van der Waals surface area contributed by atoms with Crippen LogP contribution in [0.25, 0.3) is 0 Å². The van der Waals surface area contributed by atoms with E-state index in [-0.39, 0.29) is 65.4 Å². The number of methoxy groups -OCH3 is 4. The largest absolute Gasteiger partial charge is 0.481 e. The zero-order valence-electron chi connectivity index (χ0n) is 44.3. The Morgan fingerprint density at radius 3 is 1.18 bits per heavy atom. The van der Waals surface area contributed by atoms with Crippen LogP contribution in [0.1, 0.15) is 162 Å². The van der Waals surface area contributed by atoms with E-state index >= 15 is 0 Å². The first kappa shape index (κ1) is 65.2. The van der Waals surface area contributed by atoms with Crippen molar-refractivity contribution in [2.45, 2.75) is 168 Å². The lowest BCUT2D eigenvalue weighted by molar-refractivity contribution is -0.179. The number of aliphatic carboxylic acids is 1. The molecule has 3 unspecified atom stereocenters. The Kier molecular flexibility index (Phi) is 29.7. The first-order chi connectivity index (χ1) is 29.7. The molecule has 1 N–H and O–H groups in total. The van der Waals surface area contributed by atoms with Crippen LogP contribution >= 0.6 is 0 Å². The van der Waals surface area contributed by atoms with Gasteiger partial charge < -0.3 is 38.3 Å². The van der Waals surface area contributed by atoms with Crippen molar-refractivity contribution in [3.8, 4) is 0 Å². The SMILES string of the molecule is CCC(C)(C)C(=O)O.CCC(C)(C)C(=O)OC.CCC(C)(C)C(=O)OC.CCC(C)(C)C(=O)OCC1CO1.CCC(C)(C)c1ccccc1.COC(=O)C1(C)COCC(C)(C(=O)OC)C1. The summed E-state index contributed by atoms with van der Waals surface area (Å²) in [6.45, 7) is 34.5. The number of carbonyl (C=O) groups is 6. The second-order valence-electron chi connectivity index (χ2n) is 20.2. The van der Waals surface area contributed by atoms with Crippen LogP contribution < -0.4 is 0 Å². The molecule has 0 aromatic heterocycles. The van der Waals surface area contributed by atoms with Crippen molar-refractivity contribution < 1.29 is 67.0 Å². The standard InChI is InChI=1S/C11H18O5.C11H16.C9H16O3.2C7H14O2.C6H12O2/c1-10(8(12)14-3)5-11(2,7-16-6-10)9(13)15-4;1-4-11(2,3)10-8-6-5-7-9-10;1-4-9(2,3)8(10)12-6-7-5-11-7;2*1-5-7(2,3)6(8)9-4;1-4-6(2,3)5(7)8/h5-7H2,1-4H3;5-9H,4H2,1-3H3;7H,4-6H2,1-3H3;2*5H2,1-4H3;4H2,1-3H3,(H,7,8). The molecule has 3 atom stereocenters. The van der Waals surface area contributed by atoms with E-state index in [9.17, 15) is 28.8 Å². The van der Waals surface area contributed by atoms with Crippen LogP contribution in [0.4, 0.5) is 0 Å².